The largest absolute Gasteiger partial charge is 0.376 e. The molecule has 27 heavy (non-hydrogen) atoms. The molecule has 1 aliphatic heterocycles. The smallest absolute Gasteiger partial charge is 0.271 e. The van der Waals surface area contributed by atoms with Crippen molar-refractivity contribution in [2.45, 2.75) is 37.8 Å². The van der Waals surface area contributed by atoms with Gasteiger partial charge >= 0.3 is 0 Å². The van der Waals surface area contributed by atoms with E-state index in [1.165, 1.54) is 24.2 Å². The Morgan fingerprint density at radius 3 is 2.89 bits per heavy atom. The zero-order valence-electron chi connectivity index (χ0n) is 15.2. The second kappa shape index (κ2) is 7.62. The number of ether oxygens (including phenoxy) is 1. The summed E-state index contributed by atoms with van der Waals surface area (Å²) in [6, 6.07) is 4.14. The van der Waals surface area contributed by atoms with E-state index >= 15 is 0 Å². The average Bonchev–Trinajstić information content (AvgIpc) is 3.12. The fourth-order valence-electron chi connectivity index (χ4n) is 4.29. The Hall–Kier alpha value is -1.28. The van der Waals surface area contributed by atoms with Crippen molar-refractivity contribution in [2.24, 2.45) is 17.8 Å². The van der Waals surface area contributed by atoms with Crippen LogP contribution in [0.2, 0.25) is 0 Å². The number of thiazole rings is 1. The highest BCUT2D eigenvalue weighted by molar-refractivity contribution is 7.20. The molecular formula is C20H25N3O2S2. The van der Waals surface area contributed by atoms with Gasteiger partial charge in [0.1, 0.15) is 10.7 Å². The van der Waals surface area contributed by atoms with Crippen LogP contribution in [0.4, 0.5) is 0 Å². The number of carbonyl (C=O) groups excluding carboxylic acids is 1. The normalized spacial score (nSPS) is 30.2. The van der Waals surface area contributed by atoms with Gasteiger partial charge < -0.3 is 15.4 Å². The van der Waals surface area contributed by atoms with Crippen LogP contribution >= 0.6 is 22.7 Å². The first-order valence-electron chi connectivity index (χ1n) is 9.89. The van der Waals surface area contributed by atoms with Gasteiger partial charge in [0, 0.05) is 12.0 Å². The second-order valence-electron chi connectivity index (χ2n) is 8.06. The summed E-state index contributed by atoms with van der Waals surface area (Å²) in [5.74, 6) is 2.01. The Morgan fingerprint density at radius 2 is 2.11 bits per heavy atom. The van der Waals surface area contributed by atoms with Gasteiger partial charge in [-0.1, -0.05) is 6.07 Å². The first kappa shape index (κ1) is 17.8. The minimum atomic E-state index is -0.0662. The van der Waals surface area contributed by atoms with E-state index in [0.717, 1.165) is 48.3 Å². The van der Waals surface area contributed by atoms with Crippen molar-refractivity contribution in [3.05, 3.63) is 28.6 Å². The molecular weight excluding hydrogens is 378 g/mol. The number of carbonyl (C=O) groups is 1. The zero-order valence-corrected chi connectivity index (χ0v) is 16.9. The summed E-state index contributed by atoms with van der Waals surface area (Å²) in [6.45, 7) is 3.00. The molecule has 0 radical (unpaired) electrons. The van der Waals surface area contributed by atoms with Crippen molar-refractivity contribution in [1.82, 2.24) is 15.6 Å². The lowest BCUT2D eigenvalue weighted by atomic mass is 9.77. The molecule has 2 aromatic heterocycles. The summed E-state index contributed by atoms with van der Waals surface area (Å²) >= 11 is 3.19. The highest BCUT2D eigenvalue weighted by Crippen LogP contribution is 2.36. The van der Waals surface area contributed by atoms with Gasteiger partial charge in [-0.3, -0.25) is 4.79 Å². The van der Waals surface area contributed by atoms with Gasteiger partial charge in [0.15, 0.2) is 0 Å². The van der Waals surface area contributed by atoms with Crippen molar-refractivity contribution in [2.75, 3.05) is 19.7 Å². The molecule has 2 saturated carbocycles. The number of hydrogen-bond donors (Lipinski definition) is 2. The van der Waals surface area contributed by atoms with Crippen LogP contribution in [0.5, 0.6) is 0 Å². The Morgan fingerprint density at radius 1 is 1.26 bits per heavy atom. The highest BCUT2D eigenvalue weighted by atomic mass is 32.1. The first-order chi connectivity index (χ1) is 13.3. The van der Waals surface area contributed by atoms with E-state index in [9.17, 15) is 4.79 Å². The number of fused-ring (bicyclic) bond motifs is 1. The van der Waals surface area contributed by atoms with E-state index in [1.807, 2.05) is 22.9 Å². The molecule has 0 aromatic carbocycles. The molecule has 3 heterocycles. The van der Waals surface area contributed by atoms with Crippen molar-refractivity contribution in [3.8, 4) is 9.88 Å². The molecule has 3 fully saturated rings. The number of aromatic nitrogens is 1. The first-order valence-corrected chi connectivity index (χ1v) is 11.6. The number of rotatable bonds is 6. The fourth-order valence-corrected chi connectivity index (χ4v) is 5.91. The Labute approximate surface area is 167 Å². The molecule has 0 spiro atoms. The maximum atomic E-state index is 12.8. The summed E-state index contributed by atoms with van der Waals surface area (Å²) in [5.41, 5.74) is 0.524. The number of hydrogen-bond acceptors (Lipinski definition) is 6. The predicted molar refractivity (Wildman–Crippen MR) is 108 cm³/mol. The SMILES string of the molecule is O=C(N[C@H]1C[C@H]2CNC[C@H]2C[C@@H]1OCC1CC1)c1csc(-c2cccs2)n1. The Kier molecular flexibility index (Phi) is 5.02. The minimum absolute atomic E-state index is 0.0662. The van der Waals surface area contributed by atoms with Crippen LogP contribution < -0.4 is 10.6 Å². The monoisotopic (exact) mass is 403 g/mol. The molecule has 1 amide bonds. The van der Waals surface area contributed by atoms with Gasteiger partial charge in [-0.05, 0) is 68.0 Å². The van der Waals surface area contributed by atoms with Crippen LogP contribution in [-0.4, -0.2) is 42.7 Å². The zero-order chi connectivity index (χ0) is 18.2. The standard InChI is InChI=1S/C20H25N3O2S2/c24-19(16-11-27-20(23-16)18-2-1-5-26-18)22-15-6-13-8-21-9-14(13)7-17(15)25-10-12-3-4-12/h1-2,5,11-15,17,21H,3-4,6-10H2,(H,22,24)/t13-,14+,15-,17-/m0/s1. The molecule has 5 rings (SSSR count). The maximum absolute atomic E-state index is 12.8. The van der Waals surface area contributed by atoms with E-state index in [1.54, 1.807) is 11.3 Å². The lowest BCUT2D eigenvalue weighted by molar-refractivity contribution is -0.0212. The van der Waals surface area contributed by atoms with E-state index in [2.05, 4.69) is 15.6 Å². The van der Waals surface area contributed by atoms with E-state index in [4.69, 9.17) is 4.74 Å². The van der Waals surface area contributed by atoms with Crippen LogP contribution in [0.1, 0.15) is 36.2 Å². The van der Waals surface area contributed by atoms with Gasteiger partial charge in [0.25, 0.3) is 5.91 Å². The van der Waals surface area contributed by atoms with Crippen molar-refractivity contribution < 1.29 is 9.53 Å². The number of nitrogens with one attached hydrogen (secondary N) is 2. The summed E-state index contributed by atoms with van der Waals surface area (Å²) < 4.78 is 6.27. The number of amides is 1. The van der Waals surface area contributed by atoms with Gasteiger partial charge in [0.2, 0.25) is 0 Å². The molecule has 2 N–H and O–H groups in total. The molecule has 4 atom stereocenters. The van der Waals surface area contributed by atoms with Gasteiger partial charge in [-0.25, -0.2) is 4.98 Å². The van der Waals surface area contributed by atoms with Crippen molar-refractivity contribution >= 4 is 28.6 Å². The maximum Gasteiger partial charge on any atom is 0.271 e. The lowest BCUT2D eigenvalue weighted by Crippen LogP contribution is -2.50. The molecule has 0 bridgehead atoms. The summed E-state index contributed by atoms with van der Waals surface area (Å²) in [6.07, 6.45) is 4.77. The molecule has 5 nitrogen and oxygen atoms in total. The quantitative estimate of drug-likeness (QED) is 0.776. The number of nitrogens with zero attached hydrogens (tertiary/aromatic N) is 1. The van der Waals surface area contributed by atoms with Crippen molar-refractivity contribution in [1.29, 1.82) is 0 Å². The molecule has 3 aliphatic rings. The molecule has 2 aromatic rings. The van der Waals surface area contributed by atoms with Crippen LogP contribution in [0.3, 0.4) is 0 Å². The van der Waals surface area contributed by atoms with Crippen LogP contribution in [0.15, 0.2) is 22.9 Å². The molecule has 2 aliphatic carbocycles. The summed E-state index contributed by atoms with van der Waals surface area (Å²) in [7, 11) is 0. The average molecular weight is 404 g/mol. The third kappa shape index (κ3) is 3.97. The third-order valence-electron chi connectivity index (χ3n) is 6.05. The summed E-state index contributed by atoms with van der Waals surface area (Å²) in [4.78, 5) is 18.5. The highest BCUT2D eigenvalue weighted by Gasteiger charge is 2.41. The third-order valence-corrected chi connectivity index (χ3v) is 7.93. The van der Waals surface area contributed by atoms with Crippen LogP contribution in [0, 0.1) is 17.8 Å². The van der Waals surface area contributed by atoms with Gasteiger partial charge in [-0.15, -0.1) is 22.7 Å². The van der Waals surface area contributed by atoms with Crippen LogP contribution in [0.25, 0.3) is 9.88 Å². The Bertz CT molecular complexity index is 787. The molecule has 7 heteroatoms. The van der Waals surface area contributed by atoms with E-state index < -0.39 is 0 Å². The summed E-state index contributed by atoms with van der Waals surface area (Å²) in [5, 5.41) is 11.6. The Balaban J connectivity index is 1.27. The van der Waals surface area contributed by atoms with E-state index in [0.29, 0.717) is 17.5 Å². The molecule has 1 saturated heterocycles. The molecule has 144 valence electrons. The predicted octanol–water partition coefficient (Wildman–Crippen LogP) is 3.39. The fraction of sp³-hybridized carbons (Fsp3) is 0.600. The number of thiophene rings is 1. The molecule has 0 unspecified atom stereocenters. The van der Waals surface area contributed by atoms with E-state index in [-0.39, 0.29) is 18.1 Å². The second-order valence-corrected chi connectivity index (χ2v) is 9.87. The topological polar surface area (TPSA) is 63.2 Å². The lowest BCUT2D eigenvalue weighted by Gasteiger charge is -2.38. The van der Waals surface area contributed by atoms with Gasteiger partial charge in [0.05, 0.1) is 17.0 Å². The van der Waals surface area contributed by atoms with Crippen molar-refractivity contribution in [3.63, 3.8) is 0 Å². The minimum Gasteiger partial charge on any atom is -0.376 e. The van der Waals surface area contributed by atoms with Crippen LogP contribution in [-0.2, 0) is 4.74 Å². The van der Waals surface area contributed by atoms with Gasteiger partial charge in [-0.2, -0.15) is 0 Å².